The standard InChI is InChI=1S/C27H25NO4/c1-17-14-20(29)16-21(15-17)32-25-13-5-4-10-22(25)28(23-11-6-8-18(2)26(23)30)24-12-7-9-19(3)27(24)31/h4-16,29-31H,1-3H3. The lowest BCUT2D eigenvalue weighted by Crippen LogP contribution is -2.12. The van der Waals surface area contributed by atoms with Gasteiger partial charge in [0.25, 0.3) is 0 Å². The molecule has 0 atom stereocenters. The fraction of sp³-hybridized carbons (Fsp3) is 0.111. The van der Waals surface area contributed by atoms with Crippen LogP contribution in [0.25, 0.3) is 0 Å². The normalized spacial score (nSPS) is 10.7. The topological polar surface area (TPSA) is 73.2 Å². The van der Waals surface area contributed by atoms with Crippen molar-refractivity contribution in [2.45, 2.75) is 20.8 Å². The Labute approximate surface area is 187 Å². The lowest BCUT2D eigenvalue weighted by Gasteiger charge is -2.29. The number of hydrogen-bond donors (Lipinski definition) is 3. The highest BCUT2D eigenvalue weighted by atomic mass is 16.5. The number of anilines is 3. The van der Waals surface area contributed by atoms with Crippen LogP contribution in [0.2, 0.25) is 0 Å². The van der Waals surface area contributed by atoms with Gasteiger partial charge in [0.2, 0.25) is 0 Å². The first-order valence-electron chi connectivity index (χ1n) is 10.3. The Bertz CT molecular complexity index is 1210. The Morgan fingerprint density at radius 2 is 1.19 bits per heavy atom. The number of phenols is 3. The van der Waals surface area contributed by atoms with Gasteiger partial charge in [-0.2, -0.15) is 0 Å². The smallest absolute Gasteiger partial charge is 0.151 e. The Morgan fingerprint density at radius 3 is 1.78 bits per heavy atom. The molecule has 0 amide bonds. The van der Waals surface area contributed by atoms with Gasteiger partial charge in [-0.3, -0.25) is 4.90 Å². The number of ether oxygens (including phenoxy) is 1. The monoisotopic (exact) mass is 427 g/mol. The lowest BCUT2D eigenvalue weighted by molar-refractivity contribution is 0.454. The van der Waals surface area contributed by atoms with E-state index in [1.807, 2.05) is 69.3 Å². The van der Waals surface area contributed by atoms with Crippen molar-refractivity contribution in [2.75, 3.05) is 4.90 Å². The molecule has 0 aliphatic carbocycles. The summed E-state index contributed by atoms with van der Waals surface area (Å²) in [6.07, 6.45) is 0. The Morgan fingerprint density at radius 1 is 0.625 bits per heavy atom. The summed E-state index contributed by atoms with van der Waals surface area (Å²) in [6, 6.07) is 23.3. The van der Waals surface area contributed by atoms with Crippen LogP contribution in [-0.4, -0.2) is 15.3 Å². The van der Waals surface area contributed by atoms with Gasteiger partial charge >= 0.3 is 0 Å². The molecule has 4 rings (SSSR count). The first-order valence-corrected chi connectivity index (χ1v) is 10.3. The number of nitrogens with zero attached hydrogens (tertiary/aromatic N) is 1. The molecule has 4 aromatic carbocycles. The summed E-state index contributed by atoms with van der Waals surface area (Å²) in [5.41, 5.74) is 3.92. The first-order chi connectivity index (χ1) is 15.3. The van der Waals surface area contributed by atoms with E-state index < -0.39 is 0 Å². The van der Waals surface area contributed by atoms with Crippen molar-refractivity contribution in [1.82, 2.24) is 0 Å². The summed E-state index contributed by atoms with van der Waals surface area (Å²) >= 11 is 0. The van der Waals surface area contributed by atoms with E-state index in [1.54, 1.807) is 35.2 Å². The molecule has 0 fully saturated rings. The van der Waals surface area contributed by atoms with Gasteiger partial charge in [-0.1, -0.05) is 36.4 Å². The molecule has 0 aliphatic heterocycles. The molecule has 162 valence electrons. The average molecular weight is 428 g/mol. The van der Waals surface area contributed by atoms with Gasteiger partial charge in [0.1, 0.15) is 23.0 Å². The fourth-order valence-electron chi connectivity index (χ4n) is 3.68. The van der Waals surface area contributed by atoms with Gasteiger partial charge in [0.15, 0.2) is 5.75 Å². The zero-order valence-electron chi connectivity index (χ0n) is 18.2. The van der Waals surface area contributed by atoms with Gasteiger partial charge in [-0.05, 0) is 73.9 Å². The number of phenolic OH excluding ortho intramolecular Hbond substituents is 3. The Kier molecular flexibility index (Phi) is 5.65. The van der Waals surface area contributed by atoms with Crippen LogP contribution in [-0.2, 0) is 0 Å². The molecule has 0 spiro atoms. The Balaban J connectivity index is 1.93. The maximum Gasteiger partial charge on any atom is 0.151 e. The van der Waals surface area contributed by atoms with Crippen LogP contribution < -0.4 is 9.64 Å². The van der Waals surface area contributed by atoms with Gasteiger partial charge in [-0.15, -0.1) is 0 Å². The summed E-state index contributed by atoms with van der Waals surface area (Å²) in [5.74, 6) is 1.31. The van der Waals surface area contributed by atoms with Crippen LogP contribution >= 0.6 is 0 Å². The number of aromatic hydroxyl groups is 3. The molecule has 0 unspecified atom stereocenters. The Hall–Kier alpha value is -4.12. The third-order valence-corrected chi connectivity index (χ3v) is 5.28. The second-order valence-electron chi connectivity index (χ2n) is 7.79. The van der Waals surface area contributed by atoms with Gasteiger partial charge < -0.3 is 20.1 Å². The summed E-state index contributed by atoms with van der Waals surface area (Å²) in [6.45, 7) is 5.52. The number of para-hydroxylation sites is 4. The molecule has 4 aromatic rings. The van der Waals surface area contributed by atoms with Gasteiger partial charge in [0.05, 0.1) is 17.1 Å². The first kappa shape index (κ1) is 21.1. The van der Waals surface area contributed by atoms with Crippen molar-refractivity contribution in [3.8, 4) is 28.7 Å². The minimum Gasteiger partial charge on any atom is -0.508 e. The van der Waals surface area contributed by atoms with E-state index in [-0.39, 0.29) is 17.2 Å². The van der Waals surface area contributed by atoms with E-state index in [0.717, 1.165) is 5.56 Å². The summed E-state index contributed by atoms with van der Waals surface area (Å²) in [4.78, 5) is 1.77. The minimum atomic E-state index is 0.108. The molecule has 0 heterocycles. The molecular formula is C27H25NO4. The summed E-state index contributed by atoms with van der Waals surface area (Å²) in [5, 5.41) is 31.8. The zero-order chi connectivity index (χ0) is 22.8. The van der Waals surface area contributed by atoms with E-state index in [0.29, 0.717) is 39.7 Å². The number of aryl methyl sites for hydroxylation is 3. The highest BCUT2D eigenvalue weighted by Crippen LogP contribution is 2.48. The second-order valence-corrected chi connectivity index (χ2v) is 7.79. The number of benzene rings is 4. The molecule has 0 aliphatic rings. The van der Waals surface area contributed by atoms with Crippen LogP contribution in [0.5, 0.6) is 28.7 Å². The molecular weight excluding hydrogens is 402 g/mol. The highest BCUT2D eigenvalue weighted by molar-refractivity contribution is 5.86. The molecule has 3 N–H and O–H groups in total. The predicted molar refractivity (Wildman–Crippen MR) is 127 cm³/mol. The molecule has 0 aromatic heterocycles. The van der Waals surface area contributed by atoms with Crippen molar-refractivity contribution >= 4 is 17.1 Å². The van der Waals surface area contributed by atoms with E-state index in [4.69, 9.17) is 4.74 Å². The largest absolute Gasteiger partial charge is 0.508 e. The summed E-state index contributed by atoms with van der Waals surface area (Å²) < 4.78 is 6.17. The zero-order valence-corrected chi connectivity index (χ0v) is 18.2. The van der Waals surface area contributed by atoms with Crippen LogP contribution in [0.4, 0.5) is 17.1 Å². The molecule has 0 bridgehead atoms. The quantitative estimate of drug-likeness (QED) is 0.320. The van der Waals surface area contributed by atoms with Crippen molar-refractivity contribution in [1.29, 1.82) is 0 Å². The van der Waals surface area contributed by atoms with Crippen LogP contribution in [0.1, 0.15) is 16.7 Å². The molecule has 0 radical (unpaired) electrons. The maximum absolute atomic E-state index is 10.9. The maximum atomic E-state index is 10.9. The van der Waals surface area contributed by atoms with Crippen molar-refractivity contribution in [3.05, 3.63) is 95.6 Å². The lowest BCUT2D eigenvalue weighted by atomic mass is 10.1. The molecule has 32 heavy (non-hydrogen) atoms. The average Bonchev–Trinajstić information content (AvgIpc) is 2.74. The molecule has 5 heteroatoms. The van der Waals surface area contributed by atoms with Crippen molar-refractivity contribution < 1.29 is 20.1 Å². The second kappa shape index (κ2) is 8.55. The predicted octanol–water partition coefficient (Wildman–Crippen LogP) is 6.99. The van der Waals surface area contributed by atoms with E-state index in [9.17, 15) is 15.3 Å². The number of rotatable bonds is 5. The number of hydrogen-bond acceptors (Lipinski definition) is 5. The summed E-state index contributed by atoms with van der Waals surface area (Å²) in [7, 11) is 0. The van der Waals surface area contributed by atoms with Crippen LogP contribution in [0.3, 0.4) is 0 Å². The van der Waals surface area contributed by atoms with Crippen LogP contribution in [0, 0.1) is 20.8 Å². The van der Waals surface area contributed by atoms with Crippen molar-refractivity contribution in [3.63, 3.8) is 0 Å². The highest BCUT2D eigenvalue weighted by Gasteiger charge is 2.23. The van der Waals surface area contributed by atoms with E-state index in [1.165, 1.54) is 0 Å². The molecule has 0 saturated carbocycles. The SMILES string of the molecule is Cc1cc(O)cc(Oc2ccccc2N(c2cccc(C)c2O)c2cccc(C)c2O)c1. The third-order valence-electron chi connectivity index (χ3n) is 5.28. The van der Waals surface area contributed by atoms with E-state index >= 15 is 0 Å². The van der Waals surface area contributed by atoms with E-state index in [2.05, 4.69) is 0 Å². The molecule has 0 saturated heterocycles. The third kappa shape index (κ3) is 4.05. The van der Waals surface area contributed by atoms with Gasteiger partial charge in [-0.25, -0.2) is 0 Å². The van der Waals surface area contributed by atoms with Crippen molar-refractivity contribution in [2.24, 2.45) is 0 Å². The molecule has 5 nitrogen and oxygen atoms in total. The van der Waals surface area contributed by atoms with Crippen LogP contribution in [0.15, 0.2) is 78.9 Å². The fourth-order valence-corrected chi connectivity index (χ4v) is 3.68. The minimum absolute atomic E-state index is 0.108. The van der Waals surface area contributed by atoms with Gasteiger partial charge in [0, 0.05) is 6.07 Å².